The lowest BCUT2D eigenvalue weighted by Gasteiger charge is -2.40. The molecule has 2 aliphatic rings. The van der Waals surface area contributed by atoms with E-state index in [4.69, 9.17) is 22.3 Å². The van der Waals surface area contributed by atoms with Crippen molar-refractivity contribution in [3.63, 3.8) is 0 Å². The minimum Gasteiger partial charge on any atom is -0.493 e. The second-order valence-electron chi connectivity index (χ2n) is 13.7. The number of rotatable bonds is 5. The van der Waals surface area contributed by atoms with Gasteiger partial charge in [-0.25, -0.2) is 4.68 Å². The molecular weight excluding hydrogens is 857 g/mol. The summed E-state index contributed by atoms with van der Waals surface area (Å²) < 4.78 is 13.9. The molecule has 7 rings (SSSR count). The van der Waals surface area contributed by atoms with E-state index in [2.05, 4.69) is 265 Å². The van der Waals surface area contributed by atoms with E-state index in [1.807, 2.05) is 16.9 Å². The summed E-state index contributed by atoms with van der Waals surface area (Å²) in [6.07, 6.45) is 15.6. The third-order valence-corrected chi connectivity index (χ3v) is 9.61. The third kappa shape index (κ3) is 15.1. The predicted molar refractivity (Wildman–Crippen MR) is 274 cm³/mol. The number of hydrogen-bond acceptors (Lipinski definition) is 4. The number of terminal acetylenes is 2. The van der Waals surface area contributed by atoms with E-state index in [1.165, 1.54) is 33.3 Å². The Morgan fingerprint density at radius 3 is 1.57 bits per heavy atom. The van der Waals surface area contributed by atoms with Gasteiger partial charge >= 0.3 is 0 Å². The zero-order chi connectivity index (χ0) is 48.7. The van der Waals surface area contributed by atoms with E-state index >= 15 is 0 Å². The van der Waals surface area contributed by atoms with E-state index in [-0.39, 0.29) is 0 Å². The number of aromatic amines is 1. The lowest BCUT2D eigenvalue weighted by Crippen LogP contribution is -2.39. The highest BCUT2D eigenvalue weighted by Crippen LogP contribution is 2.44. The minimum atomic E-state index is 0.349. The molecule has 6 heteroatoms. The van der Waals surface area contributed by atoms with Crippen LogP contribution in [0.15, 0.2) is 79.1 Å². The van der Waals surface area contributed by atoms with Crippen molar-refractivity contribution in [2.45, 2.75) is 32.0 Å². The van der Waals surface area contributed by atoms with Crippen LogP contribution in [0.3, 0.4) is 0 Å². The highest BCUT2D eigenvalue weighted by molar-refractivity contribution is 5.85. The van der Waals surface area contributed by atoms with E-state index < -0.39 is 0 Å². The zero-order valence-corrected chi connectivity index (χ0v) is 37.4. The molecule has 2 aromatic heterocycles. The number of nitrogens with one attached hydrogen (secondary N) is 1. The quantitative estimate of drug-likeness (QED) is 0.224. The highest BCUT2D eigenvalue weighted by atomic mass is 16.5. The number of aromatic nitrogens is 3. The number of ether oxygens (including phenoxy) is 2. The maximum Gasteiger partial charge on any atom is 0.162 e. The SMILES string of the molecule is C#CC#CC#CC#CC#CC#CC#CC#CC#CC#CC#CC#CC#CC#CC#CC#CC#C.COc1cc2c(cc1OCc1ccc(-n3cccn3)cc1)C1Cc3c([nH]c4ccccc34)CN1CC2. The Hall–Kier alpha value is -11.5. The van der Waals surface area contributed by atoms with Crippen LogP contribution in [0, 0.1) is 202 Å². The van der Waals surface area contributed by atoms with Gasteiger partial charge in [0.15, 0.2) is 11.5 Å². The summed E-state index contributed by atoms with van der Waals surface area (Å²) in [5.41, 5.74) is 8.92. The van der Waals surface area contributed by atoms with Crippen LogP contribution in [-0.2, 0) is 26.0 Å². The highest BCUT2D eigenvalue weighted by Gasteiger charge is 2.34. The molecule has 70 heavy (non-hydrogen) atoms. The van der Waals surface area contributed by atoms with Gasteiger partial charge in [-0.15, -0.1) is 12.8 Å². The second-order valence-corrected chi connectivity index (χ2v) is 13.7. The fourth-order valence-electron chi connectivity index (χ4n) is 6.76. The van der Waals surface area contributed by atoms with Crippen molar-refractivity contribution in [1.82, 2.24) is 19.7 Å². The molecule has 1 atom stereocenters. The molecule has 0 saturated heterocycles. The van der Waals surface area contributed by atoms with Crippen LogP contribution in [0.4, 0.5) is 0 Å². The van der Waals surface area contributed by atoms with E-state index in [1.54, 1.807) is 13.3 Å². The molecule has 0 spiro atoms. The fourth-order valence-corrected chi connectivity index (χ4v) is 6.76. The predicted octanol–water partition coefficient (Wildman–Crippen LogP) is 5.90. The Balaban J connectivity index is 0.000000231. The summed E-state index contributed by atoms with van der Waals surface area (Å²) >= 11 is 0. The molecule has 5 aromatic rings. The molecule has 2 aliphatic heterocycles. The Labute approximate surface area is 410 Å². The van der Waals surface area contributed by atoms with Gasteiger partial charge in [0.1, 0.15) is 6.61 Å². The summed E-state index contributed by atoms with van der Waals surface area (Å²) in [6, 6.07) is 23.6. The van der Waals surface area contributed by atoms with Gasteiger partial charge in [0.2, 0.25) is 0 Å². The first-order chi connectivity index (χ1) is 34.7. The number of para-hydroxylation sites is 1. The Morgan fingerprint density at radius 1 is 0.600 bits per heavy atom. The smallest absolute Gasteiger partial charge is 0.162 e. The van der Waals surface area contributed by atoms with Crippen LogP contribution in [-0.4, -0.2) is 33.3 Å². The molecule has 0 saturated carbocycles. The molecule has 6 nitrogen and oxygen atoms in total. The van der Waals surface area contributed by atoms with Crippen molar-refractivity contribution in [2.75, 3.05) is 13.7 Å². The fraction of sp³-hybridized carbons (Fsp3) is 0.109. The van der Waals surface area contributed by atoms with Gasteiger partial charge in [0, 0.05) is 143 Å². The van der Waals surface area contributed by atoms with Crippen molar-refractivity contribution in [2.24, 2.45) is 0 Å². The van der Waals surface area contributed by atoms with Crippen LogP contribution in [0.5, 0.6) is 11.5 Å². The van der Waals surface area contributed by atoms with Gasteiger partial charge in [-0.05, 0) is 166 Å². The number of methoxy groups -OCH3 is 1. The van der Waals surface area contributed by atoms with Crippen molar-refractivity contribution in [3.8, 4) is 219 Å². The van der Waals surface area contributed by atoms with Crippen LogP contribution >= 0.6 is 0 Å². The summed E-state index contributed by atoms with van der Waals surface area (Å²) in [5.74, 6) is 79.8. The summed E-state index contributed by atoms with van der Waals surface area (Å²) in [7, 11) is 1.72. The van der Waals surface area contributed by atoms with E-state index in [0.717, 1.165) is 48.7 Å². The van der Waals surface area contributed by atoms with Gasteiger partial charge in [-0.3, -0.25) is 4.90 Å². The maximum atomic E-state index is 6.34. The Kier molecular flexibility index (Phi) is 18.9. The van der Waals surface area contributed by atoms with Crippen LogP contribution in [0.1, 0.15) is 34.0 Å². The monoisotopic (exact) mass is 886 g/mol. The maximum absolute atomic E-state index is 6.34. The normalized spacial score (nSPS) is 10.5. The third-order valence-electron chi connectivity index (χ3n) is 9.61. The van der Waals surface area contributed by atoms with Crippen molar-refractivity contribution < 1.29 is 9.47 Å². The van der Waals surface area contributed by atoms with E-state index in [9.17, 15) is 0 Å². The molecule has 0 amide bonds. The minimum absolute atomic E-state index is 0.349. The zero-order valence-electron chi connectivity index (χ0n) is 37.4. The van der Waals surface area contributed by atoms with Crippen LogP contribution in [0.2, 0.25) is 0 Å². The summed E-state index contributed by atoms with van der Waals surface area (Å²) in [5, 5.41) is 5.65. The van der Waals surface area contributed by atoms with Crippen molar-refractivity contribution in [3.05, 3.63) is 107 Å². The van der Waals surface area contributed by atoms with Crippen molar-refractivity contribution >= 4 is 10.9 Å². The molecule has 3 aromatic carbocycles. The summed E-state index contributed by atoms with van der Waals surface area (Å²) in [6.45, 7) is 2.49. The molecule has 318 valence electrons. The topological polar surface area (TPSA) is 55.3 Å². The van der Waals surface area contributed by atoms with Crippen LogP contribution < -0.4 is 9.47 Å². The van der Waals surface area contributed by atoms with E-state index in [0.29, 0.717) is 12.6 Å². The van der Waals surface area contributed by atoms with Gasteiger partial charge < -0.3 is 14.5 Å². The first-order valence-corrected chi connectivity index (χ1v) is 20.8. The number of benzene rings is 3. The molecule has 0 aliphatic carbocycles. The summed E-state index contributed by atoms with van der Waals surface area (Å²) in [4.78, 5) is 6.26. The Morgan fingerprint density at radius 2 is 1.10 bits per heavy atom. The van der Waals surface area contributed by atoms with Gasteiger partial charge in [-0.2, -0.15) is 5.10 Å². The number of H-pyrrole nitrogens is 1. The van der Waals surface area contributed by atoms with Gasteiger partial charge in [0.05, 0.1) is 12.8 Å². The van der Waals surface area contributed by atoms with Crippen LogP contribution in [0.25, 0.3) is 16.6 Å². The number of fused-ring (bicyclic) bond motifs is 6. The van der Waals surface area contributed by atoms with Gasteiger partial charge in [0.25, 0.3) is 0 Å². The molecule has 1 unspecified atom stereocenters. The largest absolute Gasteiger partial charge is 0.493 e. The molecule has 1 N–H and O–H groups in total. The first-order valence-electron chi connectivity index (χ1n) is 20.8. The molecule has 0 fully saturated rings. The van der Waals surface area contributed by atoms with Gasteiger partial charge in [-0.1, -0.05) is 30.3 Å². The molecule has 0 bridgehead atoms. The lowest BCUT2D eigenvalue weighted by molar-refractivity contribution is 0.158. The number of hydrogen-bond donors (Lipinski definition) is 1. The molecule has 0 radical (unpaired) electrons. The number of nitrogens with zero attached hydrogens (tertiary/aromatic N) is 3. The lowest BCUT2D eigenvalue weighted by atomic mass is 9.85. The first kappa shape index (κ1) is 48.0. The molecular formula is C64H30N4O2. The second kappa shape index (κ2) is 27.6. The molecule has 4 heterocycles. The standard InChI is InChI=1S/C34H2.C30H28N4O2/c1-3-5-7-9-11-13-15-17-19-21-23-25-27-29-31-33-34-32-30-28-26-24-22-20-18-16-14-12-10-8-6-4-2;1-35-29-15-21-11-14-33-18-27-25(23-5-2-3-6-26(23)32-27)16-28(33)24(21)17-30(29)36-19-20-7-9-22(10-8-20)34-13-4-12-31-34/h1-2H;2-10,12-13,15,17,28,32H,11,14,16,18-19H2,1H3. The Bertz CT molecular complexity index is 3810. The van der Waals surface area contributed by atoms with Crippen molar-refractivity contribution in [1.29, 1.82) is 0 Å². The average Bonchev–Trinajstić information content (AvgIpc) is 4.07. The average molecular weight is 887 g/mol.